The zero-order chi connectivity index (χ0) is 38.4. The summed E-state index contributed by atoms with van der Waals surface area (Å²) in [5.41, 5.74) is 0.767. The highest BCUT2D eigenvalue weighted by atomic mass is 32.2. The Bertz CT molecular complexity index is 2120. The van der Waals surface area contributed by atoms with Crippen molar-refractivity contribution < 1.29 is 45.9 Å². The van der Waals surface area contributed by atoms with Crippen LogP contribution in [-0.4, -0.2) is 95.7 Å². The number of ether oxygens (including phenoxy) is 2. The first-order valence-electron chi connectivity index (χ1n) is 17.9. The average molecular weight is 767 g/mol. The van der Waals surface area contributed by atoms with Gasteiger partial charge in [-0.1, -0.05) is 62.4 Å². The lowest BCUT2D eigenvalue weighted by molar-refractivity contribution is -0.142. The summed E-state index contributed by atoms with van der Waals surface area (Å²) in [6, 6.07) is 12.1. The van der Waals surface area contributed by atoms with E-state index in [1.54, 1.807) is 13.8 Å². The van der Waals surface area contributed by atoms with E-state index in [1.807, 2.05) is 65.4 Å². The SMILES string of the molecule is CC(C)[C@@H]1NC(=O)OCC/C=C/c2ccc3nc(-c4ccccc4)c(nc3c2)O[C@@H]2C[C@@H](C(=O)N[C@@]3(C(=O)NS(=O)(=O)C4CC4)C[C@H]3C(F)F)N(C2)C1=O. The van der Waals surface area contributed by atoms with Gasteiger partial charge in [-0.2, -0.15) is 0 Å². The third kappa shape index (κ3) is 7.58. The second-order valence-corrected chi connectivity index (χ2v) is 16.4. The van der Waals surface area contributed by atoms with Gasteiger partial charge in [0.05, 0.1) is 35.4 Å². The molecule has 0 unspecified atom stereocenters. The molecular weight excluding hydrogens is 727 g/mol. The first kappa shape index (κ1) is 37.1. The lowest BCUT2D eigenvalue weighted by atomic mass is 10.0. The van der Waals surface area contributed by atoms with E-state index in [2.05, 4.69) is 10.6 Å². The predicted octanol–water partition coefficient (Wildman–Crippen LogP) is 3.56. The molecule has 2 aliphatic carbocycles. The Hall–Kier alpha value is -5.19. The smallest absolute Gasteiger partial charge is 0.407 e. The molecule has 1 saturated heterocycles. The number of cyclic esters (lactones) is 1. The van der Waals surface area contributed by atoms with E-state index >= 15 is 0 Å². The van der Waals surface area contributed by atoms with E-state index in [9.17, 15) is 36.4 Å². The zero-order valence-corrected chi connectivity index (χ0v) is 30.4. The molecule has 14 nitrogen and oxygen atoms in total. The zero-order valence-electron chi connectivity index (χ0n) is 29.5. The highest BCUT2D eigenvalue weighted by Crippen LogP contribution is 2.48. The largest absolute Gasteiger partial charge is 0.471 e. The summed E-state index contributed by atoms with van der Waals surface area (Å²) >= 11 is 0. The summed E-state index contributed by atoms with van der Waals surface area (Å²) in [5, 5.41) is 4.19. The first-order valence-corrected chi connectivity index (χ1v) is 19.4. The summed E-state index contributed by atoms with van der Waals surface area (Å²) in [6.45, 7) is 3.20. The van der Waals surface area contributed by atoms with E-state index < -0.39 is 87.5 Å². The van der Waals surface area contributed by atoms with Crippen LogP contribution in [0.4, 0.5) is 13.6 Å². The number of carbonyl (C=O) groups is 4. The van der Waals surface area contributed by atoms with Crippen LogP contribution in [0.15, 0.2) is 54.6 Å². The van der Waals surface area contributed by atoms with Crippen molar-refractivity contribution in [1.29, 1.82) is 0 Å². The second kappa shape index (κ2) is 14.6. The third-order valence-electron chi connectivity index (χ3n) is 10.1. The van der Waals surface area contributed by atoms with Crippen LogP contribution < -0.4 is 20.1 Å². The van der Waals surface area contributed by atoms with Crippen molar-refractivity contribution in [1.82, 2.24) is 30.2 Å². The van der Waals surface area contributed by atoms with Crippen molar-refractivity contribution in [3.05, 3.63) is 60.2 Å². The van der Waals surface area contributed by atoms with Gasteiger partial charge in [0.2, 0.25) is 34.1 Å². The van der Waals surface area contributed by atoms with E-state index in [0.29, 0.717) is 41.6 Å². The number of sulfonamides is 1. The number of nitrogens with zero attached hydrogens (tertiary/aromatic N) is 3. The number of alkyl halides is 2. The van der Waals surface area contributed by atoms with E-state index in [-0.39, 0.29) is 25.5 Å². The molecule has 1 aromatic heterocycles. The van der Waals surface area contributed by atoms with Gasteiger partial charge in [-0.15, -0.1) is 0 Å². The molecule has 4 amide bonds. The molecule has 0 radical (unpaired) electrons. The molecule has 5 atom stereocenters. The average Bonchev–Trinajstić information content (AvgIpc) is 4.06. The molecule has 5 bridgehead atoms. The molecule has 2 saturated carbocycles. The third-order valence-corrected chi connectivity index (χ3v) is 12.0. The normalized spacial score (nSPS) is 26.5. The number of halogens is 2. The Morgan fingerprint density at radius 2 is 1.81 bits per heavy atom. The molecule has 7 rings (SSSR count). The van der Waals surface area contributed by atoms with Gasteiger partial charge in [0.25, 0.3) is 5.91 Å². The number of carbonyl (C=O) groups excluding carboxylic acids is 4. The molecule has 3 N–H and O–H groups in total. The van der Waals surface area contributed by atoms with Crippen LogP contribution in [0.5, 0.6) is 5.88 Å². The van der Waals surface area contributed by atoms with Gasteiger partial charge in [0, 0.05) is 12.0 Å². The number of rotatable bonds is 8. The number of hydrogen-bond acceptors (Lipinski definition) is 10. The number of fused-ring (bicyclic) bond motifs is 4. The molecular formula is C37H40F2N6O8S. The Kier molecular flexibility index (Phi) is 10.0. The van der Waals surface area contributed by atoms with Gasteiger partial charge in [-0.05, 0) is 49.3 Å². The first-order chi connectivity index (χ1) is 25.8. The van der Waals surface area contributed by atoms with Gasteiger partial charge in [-0.25, -0.2) is 32.0 Å². The van der Waals surface area contributed by atoms with Gasteiger partial charge in [0.15, 0.2) is 0 Å². The number of alkyl carbamates (subject to hydrolysis) is 1. The fraction of sp³-hybridized carbons (Fsp3) is 0.459. The number of amides is 4. The van der Waals surface area contributed by atoms with Crippen molar-refractivity contribution in [2.75, 3.05) is 13.2 Å². The van der Waals surface area contributed by atoms with Crippen molar-refractivity contribution in [2.24, 2.45) is 11.8 Å². The summed E-state index contributed by atoms with van der Waals surface area (Å²) in [4.78, 5) is 65.6. The summed E-state index contributed by atoms with van der Waals surface area (Å²) < 4.78 is 67.2. The quantitative estimate of drug-likeness (QED) is 0.306. The second-order valence-electron chi connectivity index (χ2n) is 14.4. The standard InChI is InChI=1S/C37H40F2N6O8S/c1-20(2)29-34(47)45-19-23(17-28(45)32(46)43-37(18-25(37)31(38)39)35(48)44-54(50,51)24-12-13-24)53-33-30(22-9-4-3-5-10-22)40-26-14-11-21(16-27(26)41-33)8-6-7-15-52-36(49)42-29/h3-6,8-11,14,16,20,23-25,28-29,31H,7,12-13,15,17-19H2,1-2H3,(H,42,49)(H,43,46)(H,44,48)/b8-6+/t23-,25+,28+,29+,37+/m1/s1. The molecule has 3 fully saturated rings. The number of hydrogen-bond donors (Lipinski definition) is 3. The minimum atomic E-state index is -4.13. The minimum Gasteiger partial charge on any atom is -0.471 e. The Balaban J connectivity index is 1.25. The van der Waals surface area contributed by atoms with Gasteiger partial charge in [0.1, 0.15) is 29.4 Å². The lowest BCUT2D eigenvalue weighted by Gasteiger charge is -2.31. The maximum absolute atomic E-state index is 14.3. The monoisotopic (exact) mass is 766 g/mol. The minimum absolute atomic E-state index is 0.00981. The summed E-state index contributed by atoms with van der Waals surface area (Å²) in [6.07, 6.45) is -0.777. The molecule has 3 aromatic rings. The number of nitrogens with one attached hydrogen (secondary N) is 3. The van der Waals surface area contributed by atoms with Crippen LogP contribution in [-0.2, 0) is 29.1 Å². The Labute approximate surface area is 310 Å². The summed E-state index contributed by atoms with van der Waals surface area (Å²) in [7, 11) is -4.13. The fourth-order valence-corrected chi connectivity index (χ4v) is 8.26. The lowest BCUT2D eigenvalue weighted by Crippen LogP contribution is -2.59. The molecule has 17 heteroatoms. The Morgan fingerprint density at radius 3 is 2.50 bits per heavy atom. The molecule has 3 heterocycles. The molecule has 2 aliphatic heterocycles. The Morgan fingerprint density at radius 1 is 1.06 bits per heavy atom. The topological polar surface area (TPSA) is 186 Å². The van der Waals surface area contributed by atoms with Crippen molar-refractivity contribution in [2.45, 2.75) is 81.4 Å². The maximum atomic E-state index is 14.3. The van der Waals surface area contributed by atoms with Crippen LogP contribution in [0, 0.1) is 11.8 Å². The van der Waals surface area contributed by atoms with Crippen LogP contribution in [0.1, 0.15) is 51.5 Å². The molecule has 0 spiro atoms. The number of benzene rings is 2. The van der Waals surface area contributed by atoms with Gasteiger partial charge in [-0.3, -0.25) is 19.1 Å². The van der Waals surface area contributed by atoms with E-state index in [4.69, 9.17) is 19.4 Å². The van der Waals surface area contributed by atoms with Crippen LogP contribution in [0.25, 0.3) is 28.4 Å². The van der Waals surface area contributed by atoms with Crippen molar-refractivity contribution in [3.63, 3.8) is 0 Å². The van der Waals surface area contributed by atoms with Crippen LogP contribution >= 0.6 is 0 Å². The molecule has 4 aliphatic rings. The van der Waals surface area contributed by atoms with Gasteiger partial charge >= 0.3 is 6.09 Å². The molecule has 2 aromatic carbocycles. The fourth-order valence-electron chi connectivity index (χ4n) is 6.90. The van der Waals surface area contributed by atoms with Crippen LogP contribution in [0.2, 0.25) is 0 Å². The van der Waals surface area contributed by atoms with Crippen molar-refractivity contribution >= 4 is 50.9 Å². The van der Waals surface area contributed by atoms with Crippen molar-refractivity contribution in [3.8, 4) is 17.1 Å². The predicted molar refractivity (Wildman–Crippen MR) is 191 cm³/mol. The van der Waals surface area contributed by atoms with E-state index in [1.165, 1.54) is 4.90 Å². The highest BCUT2D eigenvalue weighted by molar-refractivity contribution is 7.91. The summed E-state index contributed by atoms with van der Waals surface area (Å²) in [5.74, 6) is -4.92. The highest BCUT2D eigenvalue weighted by Gasteiger charge is 2.66. The van der Waals surface area contributed by atoms with Crippen LogP contribution in [0.3, 0.4) is 0 Å². The molecule has 286 valence electrons. The molecule has 54 heavy (non-hydrogen) atoms. The maximum Gasteiger partial charge on any atom is 0.407 e. The number of aromatic nitrogens is 2. The van der Waals surface area contributed by atoms with Gasteiger partial charge < -0.3 is 25.0 Å². The van der Waals surface area contributed by atoms with E-state index in [0.717, 1.165) is 5.56 Å².